The van der Waals surface area contributed by atoms with Gasteiger partial charge in [-0.1, -0.05) is 13.8 Å². The van der Waals surface area contributed by atoms with E-state index >= 15 is 0 Å². The van der Waals surface area contributed by atoms with E-state index in [2.05, 4.69) is 47.8 Å². The van der Waals surface area contributed by atoms with Gasteiger partial charge in [0.05, 0.1) is 0 Å². The fourth-order valence-electron chi connectivity index (χ4n) is 0.996. The number of halogens is 1. The van der Waals surface area contributed by atoms with Crippen LogP contribution in [-0.4, -0.2) is 4.98 Å². The van der Waals surface area contributed by atoms with E-state index in [-0.39, 0.29) is 0 Å². The van der Waals surface area contributed by atoms with Crippen molar-refractivity contribution >= 4 is 15.9 Å². The van der Waals surface area contributed by atoms with Gasteiger partial charge in [-0.25, -0.2) is 0 Å². The fraction of sp³-hybridized carbons (Fsp3) is 0.500. The summed E-state index contributed by atoms with van der Waals surface area (Å²) in [6, 6.07) is 2.11. The van der Waals surface area contributed by atoms with E-state index in [4.69, 9.17) is 0 Å². The molecule has 10 heavy (non-hydrogen) atoms. The number of aryl methyl sites for hydroxylation is 1. The van der Waals surface area contributed by atoms with Crippen molar-refractivity contribution < 1.29 is 0 Å². The normalized spacial score (nSPS) is 10.9. The first-order valence-corrected chi connectivity index (χ1v) is 4.25. The summed E-state index contributed by atoms with van der Waals surface area (Å²) < 4.78 is 1.19. The summed E-state index contributed by atoms with van der Waals surface area (Å²) in [5.41, 5.74) is 2.51. The summed E-state index contributed by atoms with van der Waals surface area (Å²) in [6.45, 7) is 6.42. The van der Waals surface area contributed by atoms with Crippen molar-refractivity contribution in [2.45, 2.75) is 26.7 Å². The second-order valence-corrected chi connectivity index (χ2v) is 3.72. The van der Waals surface area contributed by atoms with Crippen molar-refractivity contribution in [3.8, 4) is 0 Å². The summed E-state index contributed by atoms with van der Waals surface area (Å²) in [5.74, 6) is 0.572. The zero-order chi connectivity index (χ0) is 7.72. The zero-order valence-corrected chi connectivity index (χ0v) is 8.12. The van der Waals surface area contributed by atoms with Gasteiger partial charge in [-0.15, -0.1) is 0 Å². The van der Waals surface area contributed by atoms with Crippen molar-refractivity contribution in [1.82, 2.24) is 4.98 Å². The maximum absolute atomic E-state index is 3.49. The van der Waals surface area contributed by atoms with Gasteiger partial charge in [0, 0.05) is 15.9 Å². The average Bonchev–Trinajstić information content (AvgIpc) is 2.10. The lowest BCUT2D eigenvalue weighted by atomic mass is 10.1. The van der Waals surface area contributed by atoms with E-state index in [1.54, 1.807) is 0 Å². The van der Waals surface area contributed by atoms with Crippen LogP contribution in [0.2, 0.25) is 0 Å². The summed E-state index contributed by atoms with van der Waals surface area (Å²) in [5, 5.41) is 0. The van der Waals surface area contributed by atoms with Gasteiger partial charge in [-0.2, -0.15) is 0 Å². The minimum absolute atomic E-state index is 0.572. The number of aromatic amines is 1. The van der Waals surface area contributed by atoms with Crippen molar-refractivity contribution in [3.63, 3.8) is 0 Å². The molecule has 1 N–H and O–H groups in total. The molecule has 0 fully saturated rings. The van der Waals surface area contributed by atoms with Gasteiger partial charge in [-0.3, -0.25) is 0 Å². The molecular formula is C8H12BrN. The summed E-state index contributed by atoms with van der Waals surface area (Å²) in [7, 11) is 0. The van der Waals surface area contributed by atoms with Crippen molar-refractivity contribution in [3.05, 3.63) is 21.9 Å². The Morgan fingerprint density at radius 2 is 2.10 bits per heavy atom. The first-order valence-electron chi connectivity index (χ1n) is 3.46. The number of hydrogen-bond acceptors (Lipinski definition) is 0. The van der Waals surface area contributed by atoms with Crippen molar-refractivity contribution in [2.24, 2.45) is 0 Å². The van der Waals surface area contributed by atoms with Crippen LogP contribution in [-0.2, 0) is 0 Å². The van der Waals surface area contributed by atoms with E-state index in [1.807, 2.05) is 0 Å². The highest BCUT2D eigenvalue weighted by Crippen LogP contribution is 2.24. The van der Waals surface area contributed by atoms with E-state index in [0.29, 0.717) is 5.92 Å². The van der Waals surface area contributed by atoms with Gasteiger partial charge in [-0.05, 0) is 34.8 Å². The second-order valence-electron chi connectivity index (χ2n) is 2.87. The third kappa shape index (κ3) is 1.43. The molecule has 0 amide bonds. The van der Waals surface area contributed by atoms with E-state index in [9.17, 15) is 0 Å². The largest absolute Gasteiger partial charge is 0.361 e. The molecule has 0 aliphatic rings. The molecule has 0 aliphatic heterocycles. The number of nitrogens with one attached hydrogen (secondary N) is 1. The van der Waals surface area contributed by atoms with Crippen LogP contribution in [0.15, 0.2) is 10.5 Å². The SMILES string of the molecule is Cc1cc(Br)c(C(C)C)[nH]1. The molecule has 0 saturated heterocycles. The van der Waals surface area contributed by atoms with Crippen LogP contribution >= 0.6 is 15.9 Å². The van der Waals surface area contributed by atoms with Crippen molar-refractivity contribution in [1.29, 1.82) is 0 Å². The Hall–Kier alpha value is -0.240. The standard InChI is InChI=1S/C8H12BrN/c1-5(2)8-7(9)4-6(3)10-8/h4-5,10H,1-3H3. The molecule has 0 atom stereocenters. The highest BCUT2D eigenvalue weighted by Gasteiger charge is 2.05. The molecule has 0 bridgehead atoms. The third-order valence-corrected chi connectivity index (χ3v) is 2.17. The molecule has 0 unspecified atom stereocenters. The zero-order valence-electron chi connectivity index (χ0n) is 6.53. The van der Waals surface area contributed by atoms with Gasteiger partial charge < -0.3 is 4.98 Å². The molecule has 0 saturated carbocycles. The first-order chi connectivity index (χ1) is 4.61. The van der Waals surface area contributed by atoms with Gasteiger partial charge in [0.1, 0.15) is 0 Å². The van der Waals surface area contributed by atoms with Crippen LogP contribution in [0.4, 0.5) is 0 Å². The predicted octanol–water partition coefficient (Wildman–Crippen LogP) is 3.21. The summed E-state index contributed by atoms with van der Waals surface area (Å²) >= 11 is 3.49. The predicted molar refractivity (Wildman–Crippen MR) is 47.3 cm³/mol. The van der Waals surface area contributed by atoms with Crippen LogP contribution in [0.5, 0.6) is 0 Å². The van der Waals surface area contributed by atoms with Crippen LogP contribution in [0.1, 0.15) is 31.2 Å². The molecule has 1 aromatic rings. The maximum atomic E-state index is 3.49. The first kappa shape index (κ1) is 7.86. The van der Waals surface area contributed by atoms with Crippen molar-refractivity contribution in [2.75, 3.05) is 0 Å². The Morgan fingerprint density at radius 3 is 2.30 bits per heavy atom. The molecule has 56 valence electrons. The third-order valence-electron chi connectivity index (χ3n) is 1.51. The number of rotatable bonds is 1. The lowest BCUT2D eigenvalue weighted by molar-refractivity contribution is 0.824. The number of H-pyrrole nitrogens is 1. The van der Waals surface area contributed by atoms with Gasteiger partial charge in [0.2, 0.25) is 0 Å². The monoisotopic (exact) mass is 201 g/mol. The van der Waals surface area contributed by atoms with E-state index < -0.39 is 0 Å². The van der Waals surface area contributed by atoms with Gasteiger partial charge in [0.15, 0.2) is 0 Å². The Kier molecular flexibility index (Phi) is 2.19. The molecule has 2 heteroatoms. The molecule has 1 rings (SSSR count). The van der Waals surface area contributed by atoms with Crippen LogP contribution in [0, 0.1) is 6.92 Å². The number of hydrogen-bond donors (Lipinski definition) is 1. The molecule has 0 spiro atoms. The Labute approximate surface area is 70.0 Å². The quantitative estimate of drug-likeness (QED) is 0.719. The van der Waals surface area contributed by atoms with Gasteiger partial charge in [0.25, 0.3) is 0 Å². The molecular weight excluding hydrogens is 190 g/mol. The fourth-order valence-corrected chi connectivity index (χ4v) is 1.90. The number of aromatic nitrogens is 1. The minimum atomic E-state index is 0.572. The second kappa shape index (κ2) is 2.79. The van der Waals surface area contributed by atoms with E-state index in [0.717, 1.165) is 0 Å². The lowest BCUT2D eigenvalue weighted by Crippen LogP contribution is -1.87. The molecule has 1 heterocycles. The Balaban J connectivity index is 3.03. The highest BCUT2D eigenvalue weighted by molar-refractivity contribution is 9.10. The van der Waals surface area contributed by atoms with Crippen LogP contribution in [0.25, 0.3) is 0 Å². The minimum Gasteiger partial charge on any atom is -0.361 e. The highest BCUT2D eigenvalue weighted by atomic mass is 79.9. The average molecular weight is 202 g/mol. The maximum Gasteiger partial charge on any atom is 0.0387 e. The van der Waals surface area contributed by atoms with E-state index in [1.165, 1.54) is 15.9 Å². The Bertz CT molecular complexity index is 225. The van der Waals surface area contributed by atoms with Crippen LogP contribution < -0.4 is 0 Å². The smallest absolute Gasteiger partial charge is 0.0387 e. The molecule has 0 aliphatic carbocycles. The molecule has 0 aromatic carbocycles. The molecule has 1 aromatic heterocycles. The Morgan fingerprint density at radius 1 is 1.50 bits per heavy atom. The van der Waals surface area contributed by atoms with Crippen LogP contribution in [0.3, 0.4) is 0 Å². The summed E-state index contributed by atoms with van der Waals surface area (Å²) in [4.78, 5) is 3.30. The summed E-state index contributed by atoms with van der Waals surface area (Å²) in [6.07, 6.45) is 0. The lowest BCUT2D eigenvalue weighted by Gasteiger charge is -2.00. The molecule has 0 radical (unpaired) electrons. The molecule has 1 nitrogen and oxygen atoms in total. The van der Waals surface area contributed by atoms with Gasteiger partial charge >= 0.3 is 0 Å². The topological polar surface area (TPSA) is 15.8 Å².